The third kappa shape index (κ3) is 6.16. The van der Waals surface area contributed by atoms with E-state index in [1.165, 1.54) is 0 Å². The van der Waals surface area contributed by atoms with Crippen LogP contribution in [0.25, 0.3) is 0 Å². The molecule has 0 aromatic heterocycles. The van der Waals surface area contributed by atoms with E-state index < -0.39 is 6.04 Å². The molecular formula is C19H29ClN2O2. The van der Waals surface area contributed by atoms with E-state index in [-0.39, 0.29) is 17.9 Å². The predicted molar refractivity (Wildman–Crippen MR) is 98.9 cm³/mol. The van der Waals surface area contributed by atoms with Crippen LogP contribution >= 0.6 is 11.6 Å². The zero-order valence-electron chi connectivity index (χ0n) is 15.1. The Balaban J connectivity index is 2.98. The molecule has 1 rings (SSSR count). The standard InChI is InChI=1S/C19H29ClN2O2/c1-5-8-18(23)22(13-15-9-11-16(20)12-10-15)17(7-3)19(24)21-14(4)6-2/h9-12,14,17H,5-8,13H2,1-4H3,(H,21,24)/t14-,17+/m1/s1. The summed E-state index contributed by atoms with van der Waals surface area (Å²) in [4.78, 5) is 26.9. The first-order valence-electron chi connectivity index (χ1n) is 8.77. The summed E-state index contributed by atoms with van der Waals surface area (Å²) in [6.45, 7) is 8.33. The summed E-state index contributed by atoms with van der Waals surface area (Å²) in [6, 6.07) is 7.06. The minimum atomic E-state index is -0.450. The number of amides is 2. The van der Waals surface area contributed by atoms with Crippen molar-refractivity contribution >= 4 is 23.4 Å². The lowest BCUT2D eigenvalue weighted by atomic mass is 10.1. The summed E-state index contributed by atoms with van der Waals surface area (Å²) in [5.74, 6) is -0.0659. The number of nitrogens with zero attached hydrogens (tertiary/aromatic N) is 1. The lowest BCUT2D eigenvalue weighted by Crippen LogP contribution is -2.50. The van der Waals surface area contributed by atoms with Crippen molar-refractivity contribution in [2.45, 2.75) is 72.0 Å². The largest absolute Gasteiger partial charge is 0.352 e. The number of halogens is 1. The molecule has 24 heavy (non-hydrogen) atoms. The van der Waals surface area contributed by atoms with E-state index in [0.717, 1.165) is 18.4 Å². The number of carbonyl (C=O) groups excluding carboxylic acids is 2. The summed E-state index contributed by atoms with van der Waals surface area (Å²) >= 11 is 5.93. The molecule has 0 heterocycles. The third-order valence-corrected chi connectivity index (χ3v) is 4.37. The molecule has 1 aromatic carbocycles. The average molecular weight is 353 g/mol. The maximum Gasteiger partial charge on any atom is 0.243 e. The van der Waals surface area contributed by atoms with Crippen molar-refractivity contribution in [1.29, 1.82) is 0 Å². The van der Waals surface area contributed by atoms with Crippen LogP contribution in [0.2, 0.25) is 5.02 Å². The molecule has 1 N–H and O–H groups in total. The first kappa shape index (κ1) is 20.5. The Morgan fingerprint density at radius 1 is 1.12 bits per heavy atom. The van der Waals surface area contributed by atoms with Gasteiger partial charge in [0.2, 0.25) is 11.8 Å². The number of nitrogens with one attached hydrogen (secondary N) is 1. The zero-order chi connectivity index (χ0) is 18.1. The molecule has 134 valence electrons. The Labute approximate surface area is 150 Å². The van der Waals surface area contributed by atoms with E-state index in [0.29, 0.717) is 24.4 Å². The fourth-order valence-corrected chi connectivity index (χ4v) is 2.63. The van der Waals surface area contributed by atoms with E-state index in [4.69, 9.17) is 11.6 Å². The van der Waals surface area contributed by atoms with Gasteiger partial charge < -0.3 is 10.2 Å². The Morgan fingerprint density at radius 2 is 1.75 bits per heavy atom. The van der Waals surface area contributed by atoms with Gasteiger partial charge in [-0.15, -0.1) is 0 Å². The Kier molecular flexibility index (Phi) is 8.83. The van der Waals surface area contributed by atoms with Crippen molar-refractivity contribution in [2.24, 2.45) is 0 Å². The van der Waals surface area contributed by atoms with Crippen LogP contribution in [0.15, 0.2) is 24.3 Å². The smallest absolute Gasteiger partial charge is 0.243 e. The maximum absolute atomic E-state index is 12.6. The van der Waals surface area contributed by atoms with Gasteiger partial charge in [0.05, 0.1) is 0 Å². The molecule has 0 radical (unpaired) electrons. The molecule has 0 aliphatic carbocycles. The van der Waals surface area contributed by atoms with Crippen LogP contribution in [0.1, 0.15) is 58.9 Å². The lowest BCUT2D eigenvalue weighted by molar-refractivity contribution is -0.141. The van der Waals surface area contributed by atoms with Gasteiger partial charge in [0.15, 0.2) is 0 Å². The molecule has 2 atom stereocenters. The number of benzene rings is 1. The summed E-state index contributed by atoms with van der Waals surface area (Å²) in [5.41, 5.74) is 0.971. The number of hydrogen-bond donors (Lipinski definition) is 1. The van der Waals surface area contributed by atoms with Gasteiger partial charge in [0.25, 0.3) is 0 Å². The van der Waals surface area contributed by atoms with Crippen LogP contribution in [0.3, 0.4) is 0 Å². The first-order valence-corrected chi connectivity index (χ1v) is 9.14. The topological polar surface area (TPSA) is 49.4 Å². The van der Waals surface area contributed by atoms with Crippen LogP contribution < -0.4 is 5.32 Å². The van der Waals surface area contributed by atoms with Crippen LogP contribution in [0.5, 0.6) is 0 Å². The highest BCUT2D eigenvalue weighted by Gasteiger charge is 2.28. The molecule has 5 heteroatoms. The van der Waals surface area contributed by atoms with Crippen molar-refractivity contribution in [3.05, 3.63) is 34.9 Å². The highest BCUT2D eigenvalue weighted by molar-refractivity contribution is 6.30. The van der Waals surface area contributed by atoms with Crippen molar-refractivity contribution in [3.8, 4) is 0 Å². The monoisotopic (exact) mass is 352 g/mol. The van der Waals surface area contributed by atoms with Crippen LogP contribution in [-0.4, -0.2) is 28.8 Å². The molecule has 2 amide bonds. The van der Waals surface area contributed by atoms with Gasteiger partial charge >= 0.3 is 0 Å². The molecule has 0 bridgehead atoms. The highest BCUT2D eigenvalue weighted by atomic mass is 35.5. The normalized spacial score (nSPS) is 13.2. The van der Waals surface area contributed by atoms with E-state index in [1.54, 1.807) is 17.0 Å². The number of carbonyl (C=O) groups is 2. The molecule has 4 nitrogen and oxygen atoms in total. The molecule has 0 fully saturated rings. The Hall–Kier alpha value is -1.55. The van der Waals surface area contributed by atoms with Gasteiger partial charge in [0, 0.05) is 24.0 Å². The molecule has 0 aliphatic rings. The number of hydrogen-bond acceptors (Lipinski definition) is 2. The third-order valence-electron chi connectivity index (χ3n) is 4.12. The molecule has 0 spiro atoms. The summed E-state index contributed by atoms with van der Waals surface area (Å²) in [7, 11) is 0. The van der Waals surface area contributed by atoms with Gasteiger partial charge in [-0.2, -0.15) is 0 Å². The van der Waals surface area contributed by atoms with Crippen molar-refractivity contribution in [2.75, 3.05) is 0 Å². The van der Waals surface area contributed by atoms with Crippen LogP contribution in [-0.2, 0) is 16.1 Å². The fourth-order valence-electron chi connectivity index (χ4n) is 2.50. The predicted octanol–water partition coefficient (Wildman–Crippen LogP) is 4.16. The minimum Gasteiger partial charge on any atom is -0.352 e. The molecule has 0 saturated heterocycles. The second-order valence-electron chi connectivity index (χ2n) is 6.14. The summed E-state index contributed by atoms with van der Waals surface area (Å²) in [6.07, 6.45) is 2.66. The zero-order valence-corrected chi connectivity index (χ0v) is 15.9. The van der Waals surface area contributed by atoms with Crippen molar-refractivity contribution < 1.29 is 9.59 Å². The van der Waals surface area contributed by atoms with Crippen molar-refractivity contribution in [3.63, 3.8) is 0 Å². The van der Waals surface area contributed by atoms with E-state index in [9.17, 15) is 9.59 Å². The fraction of sp³-hybridized carbons (Fsp3) is 0.579. The molecular weight excluding hydrogens is 324 g/mol. The summed E-state index contributed by atoms with van der Waals surface area (Å²) in [5, 5.41) is 3.66. The van der Waals surface area contributed by atoms with E-state index in [1.807, 2.05) is 39.8 Å². The minimum absolute atomic E-state index is 0.0126. The highest BCUT2D eigenvalue weighted by Crippen LogP contribution is 2.16. The van der Waals surface area contributed by atoms with E-state index >= 15 is 0 Å². The first-order chi connectivity index (χ1) is 11.4. The number of rotatable bonds is 9. The van der Waals surface area contributed by atoms with Gasteiger partial charge in [-0.3, -0.25) is 9.59 Å². The molecule has 0 aliphatic heterocycles. The Morgan fingerprint density at radius 3 is 2.25 bits per heavy atom. The molecule has 1 aromatic rings. The Bertz CT molecular complexity index is 531. The van der Waals surface area contributed by atoms with E-state index in [2.05, 4.69) is 5.32 Å². The summed E-state index contributed by atoms with van der Waals surface area (Å²) < 4.78 is 0. The second kappa shape index (κ2) is 10.3. The molecule has 0 unspecified atom stereocenters. The quantitative estimate of drug-likeness (QED) is 0.725. The average Bonchev–Trinajstić information content (AvgIpc) is 2.56. The van der Waals surface area contributed by atoms with Crippen molar-refractivity contribution in [1.82, 2.24) is 10.2 Å². The lowest BCUT2D eigenvalue weighted by Gasteiger charge is -2.31. The van der Waals surface area contributed by atoms with Gasteiger partial charge in [-0.1, -0.05) is 44.5 Å². The molecule has 0 saturated carbocycles. The van der Waals surface area contributed by atoms with Crippen LogP contribution in [0, 0.1) is 0 Å². The van der Waals surface area contributed by atoms with Gasteiger partial charge in [-0.25, -0.2) is 0 Å². The van der Waals surface area contributed by atoms with Gasteiger partial charge in [0.1, 0.15) is 6.04 Å². The maximum atomic E-state index is 12.6. The SMILES string of the molecule is CCCC(=O)N(Cc1ccc(Cl)cc1)[C@@H](CC)C(=O)N[C@H](C)CC. The van der Waals surface area contributed by atoms with Crippen LogP contribution in [0.4, 0.5) is 0 Å². The second-order valence-corrected chi connectivity index (χ2v) is 6.58. The van der Waals surface area contributed by atoms with Gasteiger partial charge in [-0.05, 0) is 43.9 Å².